The van der Waals surface area contributed by atoms with Gasteiger partial charge in [-0.25, -0.2) is 4.39 Å². The van der Waals surface area contributed by atoms with Gasteiger partial charge in [-0.15, -0.1) is 0 Å². The van der Waals surface area contributed by atoms with Gasteiger partial charge in [-0.05, 0) is 37.5 Å². The number of hydrogen-bond donors (Lipinski definition) is 2. The van der Waals surface area contributed by atoms with Crippen LogP contribution in [-0.4, -0.2) is 22.8 Å². The Kier molecular flexibility index (Phi) is 6.59. The molecular formula is C19H20FN3O4. The standard InChI is InChI=1S/C19H20FN3O4/c1-3-13-8-9-15(11-17(13)23(26)27)22-19(25)18(24)21-12(2)10-14-6-4-5-7-16(14)20/h4-9,11-12H,3,10H2,1-2H3,(H,21,24)(H,22,25). The molecule has 2 rings (SSSR count). The Bertz CT molecular complexity index is 870. The summed E-state index contributed by atoms with van der Waals surface area (Å²) >= 11 is 0. The summed E-state index contributed by atoms with van der Waals surface area (Å²) in [6, 6.07) is 9.96. The molecule has 8 heteroatoms. The molecule has 7 nitrogen and oxygen atoms in total. The maximum Gasteiger partial charge on any atom is 0.313 e. The van der Waals surface area contributed by atoms with Crippen molar-refractivity contribution in [3.63, 3.8) is 0 Å². The topological polar surface area (TPSA) is 101 Å². The molecule has 2 amide bonds. The molecule has 1 unspecified atom stereocenters. The lowest BCUT2D eigenvalue weighted by atomic mass is 10.1. The fourth-order valence-electron chi connectivity index (χ4n) is 2.63. The number of amides is 2. The first kappa shape index (κ1) is 20.0. The number of halogens is 1. The van der Waals surface area contributed by atoms with Gasteiger partial charge < -0.3 is 10.6 Å². The average Bonchev–Trinajstić information content (AvgIpc) is 2.63. The van der Waals surface area contributed by atoms with E-state index in [0.717, 1.165) is 0 Å². The molecule has 27 heavy (non-hydrogen) atoms. The Labute approximate surface area is 155 Å². The van der Waals surface area contributed by atoms with E-state index >= 15 is 0 Å². The minimum absolute atomic E-state index is 0.122. The second-order valence-corrected chi connectivity index (χ2v) is 6.08. The third-order valence-corrected chi connectivity index (χ3v) is 3.99. The molecule has 0 heterocycles. The largest absolute Gasteiger partial charge is 0.345 e. The monoisotopic (exact) mass is 373 g/mol. The highest BCUT2D eigenvalue weighted by Crippen LogP contribution is 2.23. The molecule has 0 saturated heterocycles. The van der Waals surface area contributed by atoms with Gasteiger partial charge in [0, 0.05) is 23.4 Å². The van der Waals surface area contributed by atoms with E-state index in [-0.39, 0.29) is 23.6 Å². The van der Waals surface area contributed by atoms with E-state index in [1.807, 2.05) is 0 Å². The van der Waals surface area contributed by atoms with Gasteiger partial charge in [-0.3, -0.25) is 19.7 Å². The third-order valence-electron chi connectivity index (χ3n) is 3.99. The summed E-state index contributed by atoms with van der Waals surface area (Å²) < 4.78 is 13.7. The van der Waals surface area contributed by atoms with Crippen molar-refractivity contribution in [2.75, 3.05) is 5.32 Å². The molecule has 0 aliphatic heterocycles. The number of carbonyl (C=O) groups excluding carboxylic acids is 2. The SMILES string of the molecule is CCc1ccc(NC(=O)C(=O)NC(C)Cc2ccccc2F)cc1[N+](=O)[O-]. The minimum atomic E-state index is -0.950. The smallest absolute Gasteiger partial charge is 0.313 e. The summed E-state index contributed by atoms with van der Waals surface area (Å²) in [4.78, 5) is 34.6. The van der Waals surface area contributed by atoms with E-state index in [1.165, 1.54) is 24.3 Å². The molecule has 0 saturated carbocycles. The first-order valence-electron chi connectivity index (χ1n) is 8.44. The molecule has 0 aliphatic carbocycles. The van der Waals surface area contributed by atoms with E-state index in [9.17, 15) is 24.1 Å². The number of nitrogens with zero attached hydrogens (tertiary/aromatic N) is 1. The summed E-state index contributed by atoms with van der Waals surface area (Å²) in [6.07, 6.45) is 0.695. The maximum atomic E-state index is 13.7. The van der Waals surface area contributed by atoms with Crippen LogP contribution in [0.2, 0.25) is 0 Å². The van der Waals surface area contributed by atoms with Crippen molar-refractivity contribution in [1.29, 1.82) is 0 Å². The molecule has 0 radical (unpaired) electrons. The highest BCUT2D eigenvalue weighted by Gasteiger charge is 2.19. The van der Waals surface area contributed by atoms with Gasteiger partial charge in [-0.2, -0.15) is 0 Å². The maximum absolute atomic E-state index is 13.7. The Morgan fingerprint density at radius 2 is 1.85 bits per heavy atom. The predicted molar refractivity (Wildman–Crippen MR) is 98.8 cm³/mol. The van der Waals surface area contributed by atoms with Gasteiger partial charge in [-0.1, -0.05) is 31.2 Å². The van der Waals surface area contributed by atoms with E-state index in [2.05, 4.69) is 10.6 Å². The lowest BCUT2D eigenvalue weighted by molar-refractivity contribution is -0.385. The molecule has 0 fully saturated rings. The number of anilines is 1. The van der Waals surface area contributed by atoms with Crippen LogP contribution >= 0.6 is 0 Å². The number of benzene rings is 2. The number of aryl methyl sites for hydroxylation is 1. The van der Waals surface area contributed by atoms with Gasteiger partial charge in [0.1, 0.15) is 5.82 Å². The van der Waals surface area contributed by atoms with Crippen LogP contribution in [0, 0.1) is 15.9 Å². The minimum Gasteiger partial charge on any atom is -0.345 e. The van der Waals surface area contributed by atoms with Crippen molar-refractivity contribution in [2.45, 2.75) is 32.7 Å². The summed E-state index contributed by atoms with van der Waals surface area (Å²) in [7, 11) is 0. The number of nitrogens with one attached hydrogen (secondary N) is 2. The summed E-state index contributed by atoms with van der Waals surface area (Å²) in [5.41, 5.74) is 0.988. The summed E-state index contributed by atoms with van der Waals surface area (Å²) in [5.74, 6) is -2.23. The van der Waals surface area contributed by atoms with Gasteiger partial charge in [0.05, 0.1) is 4.92 Å². The number of hydrogen-bond acceptors (Lipinski definition) is 4. The first-order valence-corrected chi connectivity index (χ1v) is 8.44. The highest BCUT2D eigenvalue weighted by atomic mass is 19.1. The second kappa shape index (κ2) is 8.88. The molecule has 1 atom stereocenters. The lowest BCUT2D eigenvalue weighted by Crippen LogP contribution is -2.41. The molecule has 0 aromatic heterocycles. The van der Waals surface area contributed by atoms with E-state index < -0.39 is 22.8 Å². The van der Waals surface area contributed by atoms with Crippen LogP contribution in [0.15, 0.2) is 42.5 Å². The Hall–Kier alpha value is -3.29. The highest BCUT2D eigenvalue weighted by molar-refractivity contribution is 6.39. The normalized spacial score (nSPS) is 11.5. The zero-order valence-corrected chi connectivity index (χ0v) is 15.0. The van der Waals surface area contributed by atoms with Crippen molar-refractivity contribution < 1.29 is 18.9 Å². The van der Waals surface area contributed by atoms with Gasteiger partial charge in [0.15, 0.2) is 0 Å². The van der Waals surface area contributed by atoms with Crippen molar-refractivity contribution in [1.82, 2.24) is 5.32 Å². The van der Waals surface area contributed by atoms with E-state index in [1.54, 1.807) is 32.0 Å². The van der Waals surface area contributed by atoms with E-state index in [0.29, 0.717) is 17.5 Å². The van der Waals surface area contributed by atoms with Crippen LogP contribution in [-0.2, 0) is 22.4 Å². The zero-order chi connectivity index (χ0) is 20.0. The van der Waals surface area contributed by atoms with Gasteiger partial charge >= 0.3 is 11.8 Å². The zero-order valence-electron chi connectivity index (χ0n) is 15.0. The first-order chi connectivity index (χ1) is 12.8. The molecule has 0 aliphatic rings. The number of nitro groups is 1. The van der Waals surface area contributed by atoms with Crippen molar-refractivity contribution in [3.8, 4) is 0 Å². The Morgan fingerprint density at radius 3 is 2.48 bits per heavy atom. The quantitative estimate of drug-likeness (QED) is 0.462. The average molecular weight is 373 g/mol. The van der Waals surface area contributed by atoms with Gasteiger partial charge in [0.2, 0.25) is 0 Å². The van der Waals surface area contributed by atoms with Crippen LogP contribution in [0.25, 0.3) is 0 Å². The summed E-state index contributed by atoms with van der Waals surface area (Å²) in [6.45, 7) is 3.43. The Morgan fingerprint density at radius 1 is 1.15 bits per heavy atom. The molecule has 2 aromatic carbocycles. The number of nitro benzene ring substituents is 1. The summed E-state index contributed by atoms with van der Waals surface area (Å²) in [5, 5.41) is 15.9. The molecular weight excluding hydrogens is 353 g/mol. The molecule has 0 spiro atoms. The molecule has 2 aromatic rings. The predicted octanol–water partition coefficient (Wildman–Crippen LogP) is 2.98. The number of rotatable bonds is 6. The number of carbonyl (C=O) groups is 2. The molecule has 142 valence electrons. The van der Waals surface area contributed by atoms with Crippen molar-refractivity contribution in [2.24, 2.45) is 0 Å². The van der Waals surface area contributed by atoms with E-state index in [4.69, 9.17) is 0 Å². The van der Waals surface area contributed by atoms with Crippen molar-refractivity contribution >= 4 is 23.2 Å². The lowest BCUT2D eigenvalue weighted by Gasteiger charge is -2.14. The van der Waals surface area contributed by atoms with Crippen LogP contribution in [0.1, 0.15) is 25.0 Å². The Balaban J connectivity index is 1.99. The second-order valence-electron chi connectivity index (χ2n) is 6.08. The van der Waals surface area contributed by atoms with Crippen LogP contribution in [0.4, 0.5) is 15.8 Å². The van der Waals surface area contributed by atoms with Crippen molar-refractivity contribution in [3.05, 3.63) is 69.5 Å². The van der Waals surface area contributed by atoms with Crippen LogP contribution in [0.3, 0.4) is 0 Å². The van der Waals surface area contributed by atoms with Gasteiger partial charge in [0.25, 0.3) is 5.69 Å². The van der Waals surface area contributed by atoms with Crippen LogP contribution < -0.4 is 10.6 Å². The van der Waals surface area contributed by atoms with Crippen LogP contribution in [0.5, 0.6) is 0 Å². The fourth-order valence-corrected chi connectivity index (χ4v) is 2.63. The molecule has 0 bridgehead atoms. The molecule has 2 N–H and O–H groups in total. The fraction of sp³-hybridized carbons (Fsp3) is 0.263. The third kappa shape index (κ3) is 5.34.